The Morgan fingerprint density at radius 1 is 1.64 bits per heavy atom. The third-order valence-electron chi connectivity index (χ3n) is 2.46. The lowest BCUT2D eigenvalue weighted by Crippen LogP contribution is -2.21. The molecular formula is C9H17NO. The van der Waals surface area contributed by atoms with E-state index >= 15 is 0 Å². The van der Waals surface area contributed by atoms with Crippen LogP contribution in [-0.2, 0) is 4.74 Å². The van der Waals surface area contributed by atoms with Crippen LogP contribution in [0.5, 0.6) is 0 Å². The van der Waals surface area contributed by atoms with Gasteiger partial charge in [-0.25, -0.2) is 0 Å². The van der Waals surface area contributed by atoms with Crippen LogP contribution in [0.15, 0.2) is 12.7 Å². The molecular weight excluding hydrogens is 138 g/mol. The standard InChI is InChI=1S/C9H17NO/c1-5-6-10-7-8(11-4)9(7,2)3/h5,7-8,10H,1,6H2,2-4H3/t7-,8+/m0/s1. The van der Waals surface area contributed by atoms with Gasteiger partial charge in [-0.15, -0.1) is 6.58 Å². The van der Waals surface area contributed by atoms with Crippen LogP contribution in [0.3, 0.4) is 0 Å². The molecule has 1 aliphatic rings. The second-order valence-electron chi connectivity index (χ2n) is 3.65. The summed E-state index contributed by atoms with van der Waals surface area (Å²) >= 11 is 0. The minimum absolute atomic E-state index is 0.303. The Bertz CT molecular complexity index is 154. The van der Waals surface area contributed by atoms with E-state index < -0.39 is 0 Å². The van der Waals surface area contributed by atoms with Gasteiger partial charge in [-0.2, -0.15) is 0 Å². The van der Waals surface area contributed by atoms with E-state index in [0.29, 0.717) is 17.6 Å². The van der Waals surface area contributed by atoms with E-state index in [-0.39, 0.29) is 0 Å². The molecule has 0 aliphatic heterocycles. The zero-order valence-electron chi connectivity index (χ0n) is 7.55. The first-order valence-electron chi connectivity index (χ1n) is 4.01. The molecule has 0 bridgehead atoms. The van der Waals surface area contributed by atoms with Gasteiger partial charge >= 0.3 is 0 Å². The predicted molar refractivity (Wildman–Crippen MR) is 46.6 cm³/mol. The number of nitrogens with one attached hydrogen (secondary N) is 1. The molecule has 0 radical (unpaired) electrons. The lowest BCUT2D eigenvalue weighted by atomic mass is 10.2. The van der Waals surface area contributed by atoms with Gasteiger partial charge in [0.05, 0.1) is 6.10 Å². The Morgan fingerprint density at radius 2 is 2.27 bits per heavy atom. The van der Waals surface area contributed by atoms with E-state index in [2.05, 4.69) is 25.7 Å². The molecule has 0 spiro atoms. The summed E-state index contributed by atoms with van der Waals surface area (Å²) in [7, 11) is 1.77. The van der Waals surface area contributed by atoms with Crippen LogP contribution in [-0.4, -0.2) is 25.8 Å². The Hall–Kier alpha value is -0.340. The fourth-order valence-corrected chi connectivity index (χ4v) is 1.61. The van der Waals surface area contributed by atoms with Crippen molar-refractivity contribution in [1.29, 1.82) is 0 Å². The van der Waals surface area contributed by atoms with Crippen LogP contribution in [0.4, 0.5) is 0 Å². The summed E-state index contributed by atoms with van der Waals surface area (Å²) in [6.45, 7) is 8.95. The highest BCUT2D eigenvalue weighted by atomic mass is 16.5. The highest BCUT2D eigenvalue weighted by Crippen LogP contribution is 2.47. The van der Waals surface area contributed by atoms with Crippen molar-refractivity contribution >= 4 is 0 Å². The van der Waals surface area contributed by atoms with Crippen molar-refractivity contribution in [3.05, 3.63) is 12.7 Å². The average molecular weight is 155 g/mol. The Kier molecular flexibility index (Phi) is 2.35. The minimum atomic E-state index is 0.303. The van der Waals surface area contributed by atoms with Crippen LogP contribution < -0.4 is 5.32 Å². The fourth-order valence-electron chi connectivity index (χ4n) is 1.61. The monoisotopic (exact) mass is 155 g/mol. The molecule has 1 saturated carbocycles. The topological polar surface area (TPSA) is 21.3 Å². The second-order valence-corrected chi connectivity index (χ2v) is 3.65. The first kappa shape index (κ1) is 8.75. The quantitative estimate of drug-likeness (QED) is 0.616. The van der Waals surface area contributed by atoms with Gasteiger partial charge in [0.2, 0.25) is 0 Å². The van der Waals surface area contributed by atoms with Crippen LogP contribution in [0.25, 0.3) is 0 Å². The molecule has 2 heteroatoms. The van der Waals surface area contributed by atoms with E-state index in [9.17, 15) is 0 Å². The Morgan fingerprint density at radius 3 is 2.64 bits per heavy atom. The molecule has 0 amide bonds. The Labute approximate surface area is 68.6 Å². The number of methoxy groups -OCH3 is 1. The maximum atomic E-state index is 5.29. The van der Waals surface area contributed by atoms with Crippen LogP contribution in [0.1, 0.15) is 13.8 Å². The summed E-state index contributed by atoms with van der Waals surface area (Å²) in [6, 6.07) is 0.505. The Balaban J connectivity index is 2.33. The highest BCUT2D eigenvalue weighted by Gasteiger charge is 2.58. The van der Waals surface area contributed by atoms with Crippen molar-refractivity contribution in [3.8, 4) is 0 Å². The van der Waals surface area contributed by atoms with Crippen molar-refractivity contribution in [2.75, 3.05) is 13.7 Å². The fraction of sp³-hybridized carbons (Fsp3) is 0.778. The zero-order valence-corrected chi connectivity index (χ0v) is 7.55. The van der Waals surface area contributed by atoms with Crippen molar-refractivity contribution < 1.29 is 4.74 Å². The van der Waals surface area contributed by atoms with Gasteiger partial charge in [-0.05, 0) is 0 Å². The molecule has 0 aromatic heterocycles. The number of ether oxygens (including phenoxy) is 1. The van der Waals surface area contributed by atoms with Crippen LogP contribution in [0.2, 0.25) is 0 Å². The summed E-state index contributed by atoms with van der Waals surface area (Å²) in [4.78, 5) is 0. The van der Waals surface area contributed by atoms with Crippen molar-refractivity contribution in [2.45, 2.75) is 26.0 Å². The molecule has 2 atom stereocenters. The molecule has 0 aromatic carbocycles. The summed E-state index contributed by atoms with van der Waals surface area (Å²) in [6.07, 6.45) is 2.25. The lowest BCUT2D eigenvalue weighted by molar-refractivity contribution is 0.150. The molecule has 2 nitrogen and oxygen atoms in total. The van der Waals surface area contributed by atoms with Gasteiger partial charge in [0.15, 0.2) is 0 Å². The van der Waals surface area contributed by atoms with Crippen molar-refractivity contribution in [3.63, 3.8) is 0 Å². The van der Waals surface area contributed by atoms with E-state index in [1.165, 1.54) is 0 Å². The van der Waals surface area contributed by atoms with Crippen molar-refractivity contribution in [1.82, 2.24) is 5.32 Å². The first-order chi connectivity index (χ1) is 5.14. The minimum Gasteiger partial charge on any atom is -0.379 e. The number of hydrogen-bond acceptors (Lipinski definition) is 2. The van der Waals surface area contributed by atoms with E-state index in [4.69, 9.17) is 4.74 Å². The molecule has 1 rings (SSSR count). The predicted octanol–water partition coefficient (Wildman–Crippen LogP) is 1.19. The van der Waals surface area contributed by atoms with Crippen molar-refractivity contribution in [2.24, 2.45) is 5.41 Å². The number of rotatable bonds is 4. The molecule has 1 N–H and O–H groups in total. The molecule has 1 fully saturated rings. The van der Waals surface area contributed by atoms with Gasteiger partial charge < -0.3 is 10.1 Å². The number of hydrogen-bond donors (Lipinski definition) is 1. The molecule has 0 saturated heterocycles. The molecule has 64 valence electrons. The maximum absolute atomic E-state index is 5.29. The van der Waals surface area contributed by atoms with Gasteiger partial charge in [-0.1, -0.05) is 19.9 Å². The van der Waals surface area contributed by atoms with E-state index in [1.54, 1.807) is 7.11 Å². The first-order valence-corrected chi connectivity index (χ1v) is 4.01. The normalized spacial score (nSPS) is 33.4. The van der Waals surface area contributed by atoms with E-state index in [0.717, 1.165) is 6.54 Å². The molecule has 0 unspecified atom stereocenters. The SMILES string of the molecule is C=CCN[C@H]1[C@@H](OC)C1(C)C. The summed E-state index contributed by atoms with van der Waals surface area (Å²) in [5.41, 5.74) is 0.303. The van der Waals surface area contributed by atoms with Gasteiger partial charge in [0.25, 0.3) is 0 Å². The third kappa shape index (κ3) is 1.47. The zero-order chi connectivity index (χ0) is 8.48. The second kappa shape index (κ2) is 2.95. The average Bonchev–Trinajstić information content (AvgIpc) is 2.48. The molecule has 0 aromatic rings. The summed E-state index contributed by atoms with van der Waals surface area (Å²) in [5, 5.41) is 3.35. The third-order valence-corrected chi connectivity index (χ3v) is 2.46. The maximum Gasteiger partial charge on any atom is 0.0797 e. The molecule has 0 heterocycles. The van der Waals surface area contributed by atoms with E-state index in [1.807, 2.05) is 6.08 Å². The smallest absolute Gasteiger partial charge is 0.0797 e. The lowest BCUT2D eigenvalue weighted by Gasteiger charge is -2.00. The molecule has 1 aliphatic carbocycles. The summed E-state index contributed by atoms with van der Waals surface area (Å²) < 4.78 is 5.29. The molecule has 11 heavy (non-hydrogen) atoms. The summed E-state index contributed by atoms with van der Waals surface area (Å²) in [5.74, 6) is 0. The highest BCUT2D eigenvalue weighted by molar-refractivity contribution is 5.13. The van der Waals surface area contributed by atoms with Crippen LogP contribution >= 0.6 is 0 Å². The van der Waals surface area contributed by atoms with Crippen LogP contribution in [0, 0.1) is 5.41 Å². The van der Waals surface area contributed by atoms with Gasteiger partial charge in [0.1, 0.15) is 0 Å². The van der Waals surface area contributed by atoms with Gasteiger partial charge in [-0.3, -0.25) is 0 Å². The largest absolute Gasteiger partial charge is 0.379 e. The van der Waals surface area contributed by atoms with Gasteiger partial charge in [0, 0.05) is 25.1 Å².